The summed E-state index contributed by atoms with van der Waals surface area (Å²) in [5.41, 5.74) is 7.59. The van der Waals surface area contributed by atoms with Crippen LogP contribution in [0.2, 0.25) is 0 Å². The third-order valence-electron chi connectivity index (χ3n) is 2.47. The van der Waals surface area contributed by atoms with Crippen molar-refractivity contribution in [3.05, 3.63) is 29.1 Å². The summed E-state index contributed by atoms with van der Waals surface area (Å²) in [7, 11) is 0. The number of fused-ring (bicyclic) bond motifs is 1. The zero-order valence-corrected chi connectivity index (χ0v) is 7.44. The number of benzene rings is 1. The Bertz CT molecular complexity index is 323. The predicted molar refractivity (Wildman–Crippen MR) is 50.8 cm³/mol. The lowest BCUT2D eigenvalue weighted by molar-refractivity contribution is 0.598. The molecule has 0 atom stereocenters. The van der Waals surface area contributed by atoms with E-state index in [2.05, 4.69) is 5.32 Å². The second-order valence-electron chi connectivity index (χ2n) is 3.39. The SMILES string of the molecule is Nc1ccc2c(c1F)CNCCC2. The molecule has 0 fully saturated rings. The molecule has 0 amide bonds. The molecule has 1 aliphatic heterocycles. The zero-order chi connectivity index (χ0) is 9.26. The maximum absolute atomic E-state index is 13.5. The van der Waals surface area contributed by atoms with Crippen LogP contribution in [0.3, 0.4) is 0 Å². The maximum Gasteiger partial charge on any atom is 0.150 e. The van der Waals surface area contributed by atoms with Crippen molar-refractivity contribution in [2.45, 2.75) is 19.4 Å². The Kier molecular flexibility index (Phi) is 2.19. The summed E-state index contributed by atoms with van der Waals surface area (Å²) in [4.78, 5) is 0. The number of anilines is 1. The van der Waals surface area contributed by atoms with Crippen molar-refractivity contribution < 1.29 is 4.39 Å². The van der Waals surface area contributed by atoms with Crippen molar-refractivity contribution in [2.24, 2.45) is 0 Å². The monoisotopic (exact) mass is 180 g/mol. The number of nitrogens with two attached hydrogens (primary N) is 1. The average Bonchev–Trinajstić information content (AvgIpc) is 2.36. The summed E-state index contributed by atoms with van der Waals surface area (Å²) in [6.07, 6.45) is 2.01. The minimum Gasteiger partial charge on any atom is -0.396 e. The van der Waals surface area contributed by atoms with E-state index < -0.39 is 0 Å². The Morgan fingerprint density at radius 2 is 2.23 bits per heavy atom. The molecule has 0 bridgehead atoms. The molecule has 1 aromatic rings. The van der Waals surface area contributed by atoms with E-state index in [1.807, 2.05) is 6.07 Å². The number of nitrogen functional groups attached to an aromatic ring is 1. The quantitative estimate of drug-likeness (QED) is 0.593. The van der Waals surface area contributed by atoms with Gasteiger partial charge in [-0.25, -0.2) is 4.39 Å². The fourth-order valence-electron chi connectivity index (χ4n) is 1.72. The normalized spacial score (nSPS) is 16.4. The first-order chi connectivity index (χ1) is 6.29. The highest BCUT2D eigenvalue weighted by Crippen LogP contribution is 2.22. The van der Waals surface area contributed by atoms with Crippen LogP contribution in [-0.4, -0.2) is 6.54 Å². The lowest BCUT2D eigenvalue weighted by Gasteiger charge is -2.08. The number of nitrogens with one attached hydrogen (secondary N) is 1. The van der Waals surface area contributed by atoms with E-state index >= 15 is 0 Å². The molecule has 70 valence electrons. The molecule has 0 aliphatic carbocycles. The van der Waals surface area contributed by atoms with Gasteiger partial charge in [-0.1, -0.05) is 6.07 Å². The molecule has 0 radical (unpaired) electrons. The number of hydrogen-bond acceptors (Lipinski definition) is 2. The average molecular weight is 180 g/mol. The molecule has 1 aliphatic rings. The van der Waals surface area contributed by atoms with Crippen molar-refractivity contribution in [2.75, 3.05) is 12.3 Å². The van der Waals surface area contributed by atoms with Crippen LogP contribution in [0, 0.1) is 5.82 Å². The van der Waals surface area contributed by atoms with Gasteiger partial charge in [-0.05, 0) is 31.0 Å². The molecule has 13 heavy (non-hydrogen) atoms. The van der Waals surface area contributed by atoms with Crippen molar-refractivity contribution in [1.82, 2.24) is 5.32 Å². The molecule has 0 spiro atoms. The van der Waals surface area contributed by atoms with Crippen LogP contribution in [0.1, 0.15) is 17.5 Å². The third-order valence-corrected chi connectivity index (χ3v) is 2.47. The fraction of sp³-hybridized carbons (Fsp3) is 0.400. The molecule has 0 unspecified atom stereocenters. The topological polar surface area (TPSA) is 38.0 Å². The molecule has 0 saturated heterocycles. The lowest BCUT2D eigenvalue weighted by atomic mass is 10.0. The highest BCUT2D eigenvalue weighted by molar-refractivity contribution is 5.47. The van der Waals surface area contributed by atoms with Crippen molar-refractivity contribution in [1.29, 1.82) is 0 Å². The summed E-state index contributed by atoms with van der Waals surface area (Å²) in [6, 6.07) is 3.58. The Morgan fingerprint density at radius 1 is 1.38 bits per heavy atom. The van der Waals surface area contributed by atoms with Gasteiger partial charge in [0.15, 0.2) is 5.82 Å². The van der Waals surface area contributed by atoms with Gasteiger partial charge in [0.2, 0.25) is 0 Å². The van der Waals surface area contributed by atoms with E-state index in [1.165, 1.54) is 0 Å². The number of rotatable bonds is 0. The first kappa shape index (κ1) is 8.51. The predicted octanol–water partition coefficient (Wildman–Crippen LogP) is 1.44. The summed E-state index contributed by atoms with van der Waals surface area (Å²) in [5.74, 6) is -0.244. The molecule has 2 rings (SSSR count). The van der Waals surface area contributed by atoms with Gasteiger partial charge in [0.25, 0.3) is 0 Å². The second-order valence-corrected chi connectivity index (χ2v) is 3.39. The standard InChI is InChI=1S/C10H13FN2/c11-10-8-6-13-5-1-2-7(8)3-4-9(10)12/h3-4,13H,1-2,5-6,12H2. The van der Waals surface area contributed by atoms with E-state index in [0.717, 1.165) is 30.5 Å². The lowest BCUT2D eigenvalue weighted by Crippen LogP contribution is -2.13. The van der Waals surface area contributed by atoms with Gasteiger partial charge < -0.3 is 11.1 Å². The Balaban J connectivity index is 2.48. The Morgan fingerprint density at radius 3 is 3.08 bits per heavy atom. The number of aryl methyl sites for hydroxylation is 1. The fourth-order valence-corrected chi connectivity index (χ4v) is 1.72. The number of hydrogen-bond donors (Lipinski definition) is 2. The van der Waals surface area contributed by atoms with E-state index in [9.17, 15) is 4.39 Å². The highest BCUT2D eigenvalue weighted by Gasteiger charge is 2.13. The van der Waals surface area contributed by atoms with Crippen LogP contribution < -0.4 is 11.1 Å². The molecule has 0 saturated carbocycles. The van der Waals surface area contributed by atoms with Crippen LogP contribution in [0.15, 0.2) is 12.1 Å². The summed E-state index contributed by atoms with van der Waals surface area (Å²) < 4.78 is 13.5. The third kappa shape index (κ3) is 1.52. The summed E-state index contributed by atoms with van der Waals surface area (Å²) in [6.45, 7) is 1.56. The molecule has 3 N–H and O–H groups in total. The van der Waals surface area contributed by atoms with Gasteiger partial charge in [0.1, 0.15) is 0 Å². The van der Waals surface area contributed by atoms with Crippen LogP contribution in [0.4, 0.5) is 10.1 Å². The summed E-state index contributed by atoms with van der Waals surface area (Å²) in [5, 5.41) is 3.18. The molecule has 1 aromatic carbocycles. The first-order valence-corrected chi connectivity index (χ1v) is 4.55. The zero-order valence-electron chi connectivity index (χ0n) is 7.44. The largest absolute Gasteiger partial charge is 0.396 e. The van der Waals surface area contributed by atoms with E-state index in [4.69, 9.17) is 5.73 Å². The molecular formula is C10H13FN2. The Hall–Kier alpha value is -1.09. The van der Waals surface area contributed by atoms with E-state index in [0.29, 0.717) is 6.54 Å². The van der Waals surface area contributed by atoms with Crippen molar-refractivity contribution in [3.63, 3.8) is 0 Å². The smallest absolute Gasteiger partial charge is 0.150 e. The van der Waals surface area contributed by atoms with Crippen LogP contribution in [0.5, 0.6) is 0 Å². The van der Waals surface area contributed by atoms with Gasteiger partial charge in [0.05, 0.1) is 5.69 Å². The molecule has 3 heteroatoms. The minimum absolute atomic E-state index is 0.244. The van der Waals surface area contributed by atoms with Gasteiger partial charge in [-0.15, -0.1) is 0 Å². The van der Waals surface area contributed by atoms with E-state index in [-0.39, 0.29) is 11.5 Å². The Labute approximate surface area is 76.9 Å². The first-order valence-electron chi connectivity index (χ1n) is 4.55. The molecule has 0 aromatic heterocycles. The maximum atomic E-state index is 13.5. The summed E-state index contributed by atoms with van der Waals surface area (Å²) >= 11 is 0. The molecule has 2 nitrogen and oxygen atoms in total. The van der Waals surface area contributed by atoms with Gasteiger partial charge in [0, 0.05) is 12.1 Å². The second kappa shape index (κ2) is 3.34. The van der Waals surface area contributed by atoms with Crippen LogP contribution in [0.25, 0.3) is 0 Å². The van der Waals surface area contributed by atoms with E-state index in [1.54, 1.807) is 6.07 Å². The number of halogens is 1. The van der Waals surface area contributed by atoms with Crippen LogP contribution >= 0.6 is 0 Å². The van der Waals surface area contributed by atoms with Crippen LogP contribution in [-0.2, 0) is 13.0 Å². The minimum atomic E-state index is -0.244. The van der Waals surface area contributed by atoms with Gasteiger partial charge >= 0.3 is 0 Å². The molecular weight excluding hydrogens is 167 g/mol. The van der Waals surface area contributed by atoms with Crippen molar-refractivity contribution in [3.8, 4) is 0 Å². The highest BCUT2D eigenvalue weighted by atomic mass is 19.1. The molecule has 1 heterocycles. The van der Waals surface area contributed by atoms with Crippen molar-refractivity contribution >= 4 is 5.69 Å². The van der Waals surface area contributed by atoms with Gasteiger partial charge in [-0.3, -0.25) is 0 Å². The van der Waals surface area contributed by atoms with Gasteiger partial charge in [-0.2, -0.15) is 0 Å².